The molecule has 0 radical (unpaired) electrons. The maximum atomic E-state index is 12.3. The number of carbonyl (C=O) groups is 1. The number of benzene rings is 1. The van der Waals surface area contributed by atoms with Gasteiger partial charge in [0.15, 0.2) is 0 Å². The van der Waals surface area contributed by atoms with E-state index in [1.807, 2.05) is 36.2 Å². The van der Waals surface area contributed by atoms with Crippen LogP contribution in [0.4, 0.5) is 10.5 Å². The van der Waals surface area contributed by atoms with Gasteiger partial charge in [0, 0.05) is 30.4 Å². The lowest BCUT2D eigenvalue weighted by Gasteiger charge is -2.27. The largest absolute Gasteiger partial charge is 0.385 e. The predicted octanol–water partition coefficient (Wildman–Crippen LogP) is 2.03. The highest BCUT2D eigenvalue weighted by atomic mass is 16.2. The summed E-state index contributed by atoms with van der Waals surface area (Å²) in [5, 5.41) is 9.23. The van der Waals surface area contributed by atoms with Crippen LogP contribution in [0.1, 0.15) is 31.7 Å². The molecule has 7 heteroatoms. The second-order valence-corrected chi connectivity index (χ2v) is 7.20. The molecule has 0 saturated carbocycles. The van der Waals surface area contributed by atoms with Crippen molar-refractivity contribution in [3.63, 3.8) is 0 Å². The van der Waals surface area contributed by atoms with Crippen LogP contribution in [0.3, 0.4) is 0 Å². The Kier molecular flexibility index (Phi) is 6.34. The quantitative estimate of drug-likeness (QED) is 0.638. The highest BCUT2D eigenvalue weighted by molar-refractivity contribution is 5.89. The van der Waals surface area contributed by atoms with E-state index in [0.29, 0.717) is 5.82 Å². The molecule has 0 bridgehead atoms. The van der Waals surface area contributed by atoms with Crippen molar-refractivity contribution in [2.24, 2.45) is 10.7 Å². The minimum atomic E-state index is -0.00811. The Morgan fingerprint density at radius 2 is 2.00 bits per heavy atom. The van der Waals surface area contributed by atoms with Gasteiger partial charge in [-0.25, -0.2) is 4.79 Å². The van der Waals surface area contributed by atoms with Crippen LogP contribution < -0.4 is 21.7 Å². The van der Waals surface area contributed by atoms with Gasteiger partial charge in [-0.1, -0.05) is 12.1 Å². The van der Waals surface area contributed by atoms with Crippen LogP contribution in [0.5, 0.6) is 0 Å². The SMILES string of the molecule is CNC(C)C1=C(N)NC=NC1Cc1ccc(NC(=O)N2CCCCC2)cc1. The topological polar surface area (TPSA) is 94.8 Å². The summed E-state index contributed by atoms with van der Waals surface area (Å²) < 4.78 is 0. The molecule has 2 aliphatic heterocycles. The van der Waals surface area contributed by atoms with Gasteiger partial charge in [0.2, 0.25) is 0 Å². The van der Waals surface area contributed by atoms with E-state index in [2.05, 4.69) is 27.9 Å². The number of urea groups is 1. The zero-order chi connectivity index (χ0) is 19.2. The summed E-state index contributed by atoms with van der Waals surface area (Å²) in [5.74, 6) is 0.669. The van der Waals surface area contributed by atoms with Gasteiger partial charge in [-0.2, -0.15) is 0 Å². The van der Waals surface area contributed by atoms with Gasteiger partial charge in [0.05, 0.1) is 12.4 Å². The first kappa shape index (κ1) is 19.2. The van der Waals surface area contributed by atoms with E-state index >= 15 is 0 Å². The molecule has 1 saturated heterocycles. The average molecular weight is 371 g/mol. The molecule has 0 aromatic heterocycles. The number of nitrogens with two attached hydrogens (primary N) is 1. The lowest BCUT2D eigenvalue weighted by atomic mass is 9.93. The number of rotatable bonds is 5. The summed E-state index contributed by atoms with van der Waals surface area (Å²) in [4.78, 5) is 18.8. The second kappa shape index (κ2) is 8.90. The summed E-state index contributed by atoms with van der Waals surface area (Å²) in [7, 11) is 1.92. The van der Waals surface area contributed by atoms with Crippen molar-refractivity contribution in [2.75, 3.05) is 25.5 Å². The molecular weight excluding hydrogens is 340 g/mol. The number of carbonyl (C=O) groups excluding carboxylic acids is 1. The first-order valence-electron chi connectivity index (χ1n) is 9.68. The number of nitrogens with zero attached hydrogens (tertiary/aromatic N) is 2. The van der Waals surface area contributed by atoms with E-state index in [9.17, 15) is 4.79 Å². The first-order valence-corrected chi connectivity index (χ1v) is 9.68. The van der Waals surface area contributed by atoms with Gasteiger partial charge in [-0.05, 0) is 57.4 Å². The summed E-state index contributed by atoms with van der Waals surface area (Å²) >= 11 is 0. The van der Waals surface area contributed by atoms with Crippen LogP contribution in [-0.2, 0) is 6.42 Å². The van der Waals surface area contributed by atoms with Gasteiger partial charge >= 0.3 is 6.03 Å². The Hall–Kier alpha value is -2.54. The highest BCUT2D eigenvalue weighted by Crippen LogP contribution is 2.21. The number of hydrogen-bond acceptors (Lipinski definition) is 5. The van der Waals surface area contributed by atoms with Gasteiger partial charge in [-0.3, -0.25) is 4.99 Å². The molecule has 7 nitrogen and oxygen atoms in total. The first-order chi connectivity index (χ1) is 13.1. The smallest absolute Gasteiger partial charge is 0.321 e. The Morgan fingerprint density at radius 3 is 2.67 bits per heavy atom. The molecular formula is C20H30N6O. The zero-order valence-electron chi connectivity index (χ0n) is 16.2. The molecule has 0 spiro atoms. The van der Waals surface area contributed by atoms with E-state index in [1.165, 1.54) is 6.42 Å². The Morgan fingerprint density at radius 1 is 1.30 bits per heavy atom. The van der Waals surface area contributed by atoms with Crippen LogP contribution in [0.2, 0.25) is 0 Å². The van der Waals surface area contributed by atoms with Crippen molar-refractivity contribution in [3.05, 3.63) is 41.2 Å². The lowest BCUT2D eigenvalue weighted by molar-refractivity contribution is 0.200. The monoisotopic (exact) mass is 370 g/mol. The summed E-state index contributed by atoms with van der Waals surface area (Å²) in [5.41, 5.74) is 9.18. The van der Waals surface area contributed by atoms with Crippen LogP contribution in [0.25, 0.3) is 0 Å². The highest BCUT2D eigenvalue weighted by Gasteiger charge is 2.24. The van der Waals surface area contributed by atoms with E-state index in [-0.39, 0.29) is 18.1 Å². The molecule has 1 aromatic carbocycles. The number of amides is 2. The number of hydrogen-bond donors (Lipinski definition) is 4. The van der Waals surface area contributed by atoms with Crippen molar-refractivity contribution in [2.45, 2.75) is 44.7 Å². The number of anilines is 1. The summed E-state index contributed by atoms with van der Waals surface area (Å²) in [6.45, 7) is 3.77. The van der Waals surface area contributed by atoms with Crippen LogP contribution in [-0.4, -0.2) is 49.5 Å². The molecule has 2 unspecified atom stereocenters. The van der Waals surface area contributed by atoms with Crippen LogP contribution >= 0.6 is 0 Å². The molecule has 3 rings (SSSR count). The standard InChI is InChI=1S/C20H30N6O/c1-14(22-2)18-17(23-13-24-19(18)21)12-15-6-8-16(9-7-15)25-20(27)26-10-4-3-5-11-26/h6-9,13-14,17,22H,3-5,10-12,21H2,1-2H3,(H,23,24)(H,25,27). The number of nitrogens with one attached hydrogen (secondary N) is 3. The lowest BCUT2D eigenvalue weighted by Crippen LogP contribution is -2.39. The van der Waals surface area contributed by atoms with Gasteiger partial charge in [0.1, 0.15) is 5.82 Å². The molecule has 2 heterocycles. The molecule has 2 amide bonds. The molecule has 2 aliphatic rings. The minimum absolute atomic E-state index is 0.00231. The van der Waals surface area contributed by atoms with Crippen molar-refractivity contribution in [1.82, 2.24) is 15.5 Å². The number of likely N-dealkylation sites (tertiary alicyclic amines) is 1. The fraction of sp³-hybridized carbons (Fsp3) is 0.500. The third-order valence-electron chi connectivity index (χ3n) is 5.32. The van der Waals surface area contributed by atoms with E-state index in [1.54, 1.807) is 6.34 Å². The van der Waals surface area contributed by atoms with Crippen LogP contribution in [0, 0.1) is 0 Å². The average Bonchev–Trinajstić information content (AvgIpc) is 2.70. The Balaban J connectivity index is 1.62. The second-order valence-electron chi connectivity index (χ2n) is 7.20. The maximum absolute atomic E-state index is 12.3. The molecule has 0 aliphatic carbocycles. The number of piperidine rings is 1. The van der Waals surface area contributed by atoms with Crippen molar-refractivity contribution < 1.29 is 4.79 Å². The molecule has 2 atom stereocenters. The van der Waals surface area contributed by atoms with Crippen molar-refractivity contribution in [1.29, 1.82) is 0 Å². The Bertz CT molecular complexity index is 706. The minimum Gasteiger partial charge on any atom is -0.385 e. The van der Waals surface area contributed by atoms with Crippen molar-refractivity contribution >= 4 is 18.1 Å². The fourth-order valence-electron chi connectivity index (χ4n) is 3.63. The van der Waals surface area contributed by atoms with Gasteiger partial charge in [0.25, 0.3) is 0 Å². The molecule has 1 fully saturated rings. The number of likely N-dealkylation sites (N-methyl/N-ethyl adjacent to an activating group) is 1. The van der Waals surface area contributed by atoms with E-state index in [0.717, 1.165) is 49.2 Å². The summed E-state index contributed by atoms with van der Waals surface area (Å²) in [6, 6.07) is 8.13. The predicted molar refractivity (Wildman–Crippen MR) is 110 cm³/mol. The summed E-state index contributed by atoms with van der Waals surface area (Å²) in [6.07, 6.45) is 5.82. The molecule has 5 N–H and O–H groups in total. The van der Waals surface area contributed by atoms with Crippen molar-refractivity contribution in [3.8, 4) is 0 Å². The third-order valence-corrected chi connectivity index (χ3v) is 5.32. The Labute approximate surface area is 161 Å². The normalized spacial score (nSPS) is 21.0. The maximum Gasteiger partial charge on any atom is 0.321 e. The number of aliphatic imine (C=N–C) groups is 1. The van der Waals surface area contributed by atoms with E-state index in [4.69, 9.17) is 5.73 Å². The third kappa shape index (κ3) is 4.80. The zero-order valence-corrected chi connectivity index (χ0v) is 16.2. The van der Waals surface area contributed by atoms with Crippen LogP contribution in [0.15, 0.2) is 40.7 Å². The molecule has 27 heavy (non-hydrogen) atoms. The molecule has 1 aromatic rings. The van der Waals surface area contributed by atoms with Gasteiger partial charge in [-0.15, -0.1) is 0 Å². The van der Waals surface area contributed by atoms with Gasteiger partial charge < -0.3 is 26.6 Å². The van der Waals surface area contributed by atoms with E-state index < -0.39 is 0 Å². The molecule has 146 valence electrons. The fourth-order valence-corrected chi connectivity index (χ4v) is 3.63.